The third-order valence-corrected chi connectivity index (χ3v) is 6.83. The van der Waals surface area contributed by atoms with E-state index in [1.54, 1.807) is 22.7 Å². The average Bonchev–Trinajstić information content (AvgIpc) is 3.13. The Bertz CT molecular complexity index is 994. The van der Waals surface area contributed by atoms with Crippen LogP contribution >= 0.6 is 38.6 Å². The molecule has 0 atom stereocenters. The number of rotatable bonds is 1. The van der Waals surface area contributed by atoms with Gasteiger partial charge in [-0.25, -0.2) is 4.98 Å². The first-order valence-corrected chi connectivity index (χ1v) is 9.49. The molecular weight excluding hydrogens is 380 g/mol. The minimum Gasteiger partial charge on any atom is -0.292 e. The molecule has 1 aliphatic rings. The molecule has 3 aromatic heterocycles. The van der Waals surface area contributed by atoms with Crippen LogP contribution in [0.25, 0.3) is 21.9 Å². The van der Waals surface area contributed by atoms with Crippen molar-refractivity contribution in [2.24, 2.45) is 0 Å². The minimum atomic E-state index is 0.109. The second kappa shape index (κ2) is 5.15. The topological polar surface area (TPSA) is 34.9 Å². The van der Waals surface area contributed by atoms with Crippen LogP contribution in [-0.2, 0) is 6.54 Å². The van der Waals surface area contributed by atoms with E-state index < -0.39 is 0 Å². The van der Waals surface area contributed by atoms with Crippen molar-refractivity contribution in [3.63, 3.8) is 0 Å². The molecule has 0 N–H and O–H groups in total. The molecule has 112 valence electrons. The largest absolute Gasteiger partial charge is 0.292 e. The SMILES string of the molecule is Cc1sc2nc3n(c(=O)c2c1C)CC/C3=C/c1cc(Br)cs1. The zero-order valence-corrected chi connectivity index (χ0v) is 15.4. The normalized spacial score (nSPS) is 15.9. The van der Waals surface area contributed by atoms with Gasteiger partial charge in [-0.3, -0.25) is 9.36 Å². The standard InChI is InChI=1S/C16H13BrN2OS2/c1-8-9(2)22-15-13(8)16(20)19-4-3-10(14(19)18-15)5-12-6-11(17)7-21-12/h5-7H,3-4H2,1-2H3/b10-5-. The van der Waals surface area contributed by atoms with Crippen molar-refractivity contribution in [1.82, 2.24) is 9.55 Å². The lowest BCUT2D eigenvalue weighted by Crippen LogP contribution is -2.20. The lowest BCUT2D eigenvalue weighted by atomic mass is 10.2. The number of halogens is 1. The number of hydrogen-bond donors (Lipinski definition) is 0. The van der Waals surface area contributed by atoms with E-state index in [2.05, 4.69) is 40.4 Å². The second-order valence-corrected chi connectivity index (χ2v) is 8.50. The molecular formula is C16H13BrN2OS2. The fraction of sp³-hybridized carbons (Fsp3) is 0.250. The molecule has 6 heteroatoms. The van der Waals surface area contributed by atoms with Gasteiger partial charge in [0.15, 0.2) is 0 Å². The fourth-order valence-corrected chi connectivity index (χ4v) is 5.26. The van der Waals surface area contributed by atoms with Gasteiger partial charge in [0.05, 0.1) is 5.39 Å². The number of thiophene rings is 2. The number of hydrogen-bond acceptors (Lipinski definition) is 4. The van der Waals surface area contributed by atoms with E-state index in [4.69, 9.17) is 4.98 Å². The smallest absolute Gasteiger partial charge is 0.262 e. The van der Waals surface area contributed by atoms with Crippen LogP contribution in [0.2, 0.25) is 0 Å². The van der Waals surface area contributed by atoms with Gasteiger partial charge in [-0.1, -0.05) is 0 Å². The summed E-state index contributed by atoms with van der Waals surface area (Å²) in [6, 6.07) is 2.09. The van der Waals surface area contributed by atoms with Gasteiger partial charge >= 0.3 is 0 Å². The Balaban J connectivity index is 1.94. The quantitative estimate of drug-likeness (QED) is 0.593. The molecule has 0 unspecified atom stereocenters. The maximum absolute atomic E-state index is 12.8. The maximum Gasteiger partial charge on any atom is 0.262 e. The predicted molar refractivity (Wildman–Crippen MR) is 97.9 cm³/mol. The van der Waals surface area contributed by atoms with Gasteiger partial charge in [-0.2, -0.15) is 0 Å². The van der Waals surface area contributed by atoms with E-state index in [-0.39, 0.29) is 5.56 Å². The number of nitrogens with zero attached hydrogens (tertiary/aromatic N) is 2. The van der Waals surface area contributed by atoms with Crippen molar-refractivity contribution in [3.8, 4) is 0 Å². The van der Waals surface area contributed by atoms with Gasteiger partial charge in [-0.05, 0) is 59.5 Å². The Morgan fingerprint density at radius 1 is 1.41 bits per heavy atom. The second-order valence-electron chi connectivity index (χ2n) is 5.44. The molecule has 3 aromatic rings. The fourth-order valence-electron chi connectivity index (χ4n) is 2.84. The Hall–Kier alpha value is -1.24. The van der Waals surface area contributed by atoms with E-state index in [1.807, 2.05) is 11.5 Å². The summed E-state index contributed by atoms with van der Waals surface area (Å²) in [6.45, 7) is 4.79. The Labute approximate surface area is 144 Å². The Morgan fingerprint density at radius 3 is 2.95 bits per heavy atom. The number of fused-ring (bicyclic) bond motifs is 2. The van der Waals surface area contributed by atoms with E-state index in [9.17, 15) is 4.79 Å². The highest BCUT2D eigenvalue weighted by Crippen LogP contribution is 2.33. The number of allylic oxidation sites excluding steroid dienone is 1. The Kier molecular flexibility index (Phi) is 3.36. The molecule has 4 heterocycles. The number of aromatic nitrogens is 2. The van der Waals surface area contributed by atoms with Crippen molar-refractivity contribution < 1.29 is 0 Å². The first-order chi connectivity index (χ1) is 10.5. The van der Waals surface area contributed by atoms with E-state index in [1.165, 1.54) is 9.75 Å². The third-order valence-electron chi connectivity index (χ3n) is 4.09. The highest BCUT2D eigenvalue weighted by atomic mass is 79.9. The molecule has 0 aromatic carbocycles. The minimum absolute atomic E-state index is 0.109. The van der Waals surface area contributed by atoms with Crippen molar-refractivity contribution >= 4 is 60.5 Å². The van der Waals surface area contributed by atoms with Crippen molar-refractivity contribution in [3.05, 3.63) is 47.4 Å². The summed E-state index contributed by atoms with van der Waals surface area (Å²) < 4.78 is 2.92. The lowest BCUT2D eigenvalue weighted by molar-refractivity contribution is 0.726. The lowest BCUT2D eigenvalue weighted by Gasteiger charge is -2.03. The monoisotopic (exact) mass is 392 g/mol. The maximum atomic E-state index is 12.8. The molecule has 0 aliphatic carbocycles. The van der Waals surface area contributed by atoms with Crippen LogP contribution in [-0.4, -0.2) is 9.55 Å². The molecule has 4 rings (SSSR count). The summed E-state index contributed by atoms with van der Waals surface area (Å²) in [5.41, 5.74) is 2.34. The van der Waals surface area contributed by atoms with Crippen molar-refractivity contribution in [1.29, 1.82) is 0 Å². The van der Waals surface area contributed by atoms with Gasteiger partial charge in [0.25, 0.3) is 5.56 Å². The zero-order chi connectivity index (χ0) is 15.4. The van der Waals surface area contributed by atoms with Gasteiger partial charge in [-0.15, -0.1) is 22.7 Å². The predicted octanol–water partition coefficient (Wildman–Crippen LogP) is 4.84. The summed E-state index contributed by atoms with van der Waals surface area (Å²) in [7, 11) is 0. The van der Waals surface area contributed by atoms with Crippen LogP contribution in [0.5, 0.6) is 0 Å². The molecule has 0 amide bonds. The van der Waals surface area contributed by atoms with Crippen LogP contribution in [0.1, 0.15) is 27.6 Å². The Morgan fingerprint density at radius 2 is 2.23 bits per heavy atom. The van der Waals surface area contributed by atoms with Gasteiger partial charge in [0, 0.05) is 26.2 Å². The van der Waals surface area contributed by atoms with Gasteiger partial charge in [0.1, 0.15) is 10.7 Å². The summed E-state index contributed by atoms with van der Waals surface area (Å²) in [5.74, 6) is 0.836. The first kappa shape index (κ1) is 14.4. The van der Waals surface area contributed by atoms with E-state index in [0.717, 1.165) is 44.6 Å². The molecule has 1 aliphatic heterocycles. The van der Waals surface area contributed by atoms with Crippen LogP contribution in [0.3, 0.4) is 0 Å². The molecule has 0 bridgehead atoms. The highest BCUT2D eigenvalue weighted by Gasteiger charge is 2.23. The van der Waals surface area contributed by atoms with Crippen molar-refractivity contribution in [2.75, 3.05) is 0 Å². The van der Waals surface area contributed by atoms with Crippen LogP contribution in [0, 0.1) is 13.8 Å². The van der Waals surface area contributed by atoms with E-state index >= 15 is 0 Å². The first-order valence-electron chi connectivity index (χ1n) is 7.00. The highest BCUT2D eigenvalue weighted by molar-refractivity contribution is 9.10. The molecule has 3 nitrogen and oxygen atoms in total. The van der Waals surface area contributed by atoms with Gasteiger partial charge < -0.3 is 0 Å². The van der Waals surface area contributed by atoms with E-state index in [0.29, 0.717) is 0 Å². The molecule has 22 heavy (non-hydrogen) atoms. The molecule has 0 radical (unpaired) electrons. The van der Waals surface area contributed by atoms with Crippen molar-refractivity contribution in [2.45, 2.75) is 26.8 Å². The van der Waals surface area contributed by atoms with Crippen LogP contribution < -0.4 is 5.56 Å². The number of aryl methyl sites for hydroxylation is 2. The van der Waals surface area contributed by atoms with Gasteiger partial charge in [0.2, 0.25) is 0 Å². The summed E-state index contributed by atoms with van der Waals surface area (Å²) in [5, 5.41) is 2.86. The van der Waals surface area contributed by atoms with Crippen LogP contribution in [0.4, 0.5) is 0 Å². The molecule has 0 fully saturated rings. The molecule has 0 saturated heterocycles. The zero-order valence-electron chi connectivity index (χ0n) is 12.1. The summed E-state index contributed by atoms with van der Waals surface area (Å²) in [6.07, 6.45) is 3.02. The summed E-state index contributed by atoms with van der Waals surface area (Å²) in [4.78, 5) is 20.8. The molecule has 0 saturated carbocycles. The third kappa shape index (κ3) is 2.13. The molecule has 0 spiro atoms. The average molecular weight is 393 g/mol. The summed E-state index contributed by atoms with van der Waals surface area (Å²) >= 11 is 6.78. The van der Waals surface area contributed by atoms with Crippen LogP contribution in [0.15, 0.2) is 20.7 Å².